The average molecular weight is 217 g/mol. The Morgan fingerprint density at radius 3 is 2.43 bits per heavy atom. The molecule has 0 radical (unpaired) electrons. The number of nitrogens with zero attached hydrogens (tertiary/aromatic N) is 1. The van der Waals surface area contributed by atoms with Crippen molar-refractivity contribution in [3.8, 4) is 0 Å². The summed E-state index contributed by atoms with van der Waals surface area (Å²) in [6.07, 6.45) is 2.31. The first-order valence-electron chi connectivity index (χ1n) is 5.38. The Bertz CT molecular complexity index is 157. The summed E-state index contributed by atoms with van der Waals surface area (Å²) in [6, 6.07) is 0.392. The Balaban J connectivity index is 3.47. The summed E-state index contributed by atoms with van der Waals surface area (Å²) < 4.78 is 0. The van der Waals surface area contributed by atoms with Crippen LogP contribution in [0.15, 0.2) is 0 Å². The molecular weight excluding hydrogens is 194 g/mol. The quantitative estimate of drug-likeness (QED) is 0.631. The van der Waals surface area contributed by atoms with Crippen LogP contribution in [-0.2, 0) is 0 Å². The second-order valence-electron chi connectivity index (χ2n) is 3.58. The van der Waals surface area contributed by atoms with Crippen molar-refractivity contribution in [2.24, 2.45) is 5.73 Å². The lowest BCUT2D eigenvalue weighted by atomic mass is 10.2. The van der Waals surface area contributed by atoms with E-state index in [0.29, 0.717) is 11.2 Å². The summed E-state index contributed by atoms with van der Waals surface area (Å²) in [5.41, 5.74) is 5.39. The second-order valence-corrected chi connectivity index (χ2v) is 4.02. The molecule has 84 valence electrons. The van der Waals surface area contributed by atoms with Gasteiger partial charge in [0.2, 0.25) is 0 Å². The molecule has 0 aliphatic rings. The van der Waals surface area contributed by atoms with Crippen molar-refractivity contribution in [1.82, 2.24) is 10.2 Å². The smallest absolute Gasteiger partial charge is 0.163 e. The molecule has 0 aromatic heterocycles. The first-order chi connectivity index (χ1) is 6.60. The molecule has 0 saturated heterocycles. The Labute approximate surface area is 93.0 Å². The van der Waals surface area contributed by atoms with Crippen LogP contribution in [-0.4, -0.2) is 35.7 Å². The summed E-state index contributed by atoms with van der Waals surface area (Å²) >= 11 is 4.78. The Hall–Kier alpha value is -0.350. The minimum absolute atomic E-state index is 0.392. The van der Waals surface area contributed by atoms with Crippen LogP contribution in [0.25, 0.3) is 0 Å². The molecule has 1 unspecified atom stereocenters. The molecular formula is C10H23N3S. The fourth-order valence-corrected chi connectivity index (χ4v) is 1.68. The van der Waals surface area contributed by atoms with E-state index in [1.165, 1.54) is 6.42 Å². The zero-order valence-electron chi connectivity index (χ0n) is 9.55. The van der Waals surface area contributed by atoms with E-state index in [9.17, 15) is 0 Å². The van der Waals surface area contributed by atoms with Crippen LogP contribution in [0.5, 0.6) is 0 Å². The number of hydrogen-bond donors (Lipinski definition) is 2. The predicted octanol–water partition coefficient (Wildman–Crippen LogP) is 1.33. The summed E-state index contributed by atoms with van der Waals surface area (Å²) in [4.78, 5) is 2.42. The molecule has 1 atom stereocenters. The zero-order valence-corrected chi connectivity index (χ0v) is 10.4. The van der Waals surface area contributed by atoms with Gasteiger partial charge in [0.05, 0.1) is 0 Å². The fraction of sp³-hybridized carbons (Fsp3) is 0.900. The first kappa shape index (κ1) is 13.7. The van der Waals surface area contributed by atoms with Crippen LogP contribution >= 0.6 is 12.2 Å². The maximum Gasteiger partial charge on any atom is 0.163 e. The van der Waals surface area contributed by atoms with Gasteiger partial charge in [0.1, 0.15) is 0 Å². The number of hydrogen-bond acceptors (Lipinski definition) is 2. The molecule has 0 aromatic rings. The van der Waals surface area contributed by atoms with Gasteiger partial charge in [-0.25, -0.2) is 0 Å². The highest BCUT2D eigenvalue weighted by Gasteiger charge is 2.03. The van der Waals surface area contributed by atoms with Gasteiger partial charge in [-0.3, -0.25) is 0 Å². The molecule has 4 heteroatoms. The summed E-state index contributed by atoms with van der Waals surface area (Å²) in [5.74, 6) is 0. The molecule has 3 N–H and O–H groups in total. The summed E-state index contributed by atoms with van der Waals surface area (Å²) in [5, 5.41) is 3.45. The van der Waals surface area contributed by atoms with E-state index in [0.717, 1.165) is 26.1 Å². The molecule has 0 rings (SSSR count). The lowest BCUT2D eigenvalue weighted by molar-refractivity contribution is 0.293. The van der Waals surface area contributed by atoms with Crippen molar-refractivity contribution in [3.63, 3.8) is 0 Å². The third kappa shape index (κ3) is 7.09. The van der Waals surface area contributed by atoms with Gasteiger partial charge in [-0.05, 0) is 51.6 Å². The van der Waals surface area contributed by atoms with E-state index in [1.807, 2.05) is 0 Å². The summed E-state index contributed by atoms with van der Waals surface area (Å²) in [6.45, 7) is 9.93. The normalized spacial score (nSPS) is 12.9. The standard InChI is InChI=1S/C10H23N3S/c1-4-13(5-2)8-6-7-9(3)12-10(11)14/h9H,4-8H2,1-3H3,(H3,11,12,14). The minimum Gasteiger partial charge on any atom is -0.376 e. The van der Waals surface area contributed by atoms with Crippen LogP contribution in [0.4, 0.5) is 0 Å². The monoisotopic (exact) mass is 217 g/mol. The van der Waals surface area contributed by atoms with Gasteiger partial charge in [-0.1, -0.05) is 13.8 Å². The van der Waals surface area contributed by atoms with E-state index in [2.05, 4.69) is 31.0 Å². The molecule has 0 saturated carbocycles. The SMILES string of the molecule is CCN(CC)CCCC(C)NC(N)=S. The lowest BCUT2D eigenvalue weighted by Crippen LogP contribution is -2.37. The topological polar surface area (TPSA) is 41.3 Å². The molecule has 14 heavy (non-hydrogen) atoms. The van der Waals surface area contributed by atoms with Gasteiger partial charge in [-0.2, -0.15) is 0 Å². The van der Waals surface area contributed by atoms with E-state index < -0.39 is 0 Å². The zero-order chi connectivity index (χ0) is 11.0. The molecule has 0 spiro atoms. The number of thiocarbonyl (C=S) groups is 1. The van der Waals surface area contributed by atoms with E-state index >= 15 is 0 Å². The van der Waals surface area contributed by atoms with Crippen molar-refractivity contribution in [1.29, 1.82) is 0 Å². The lowest BCUT2D eigenvalue weighted by Gasteiger charge is -2.19. The second kappa shape index (κ2) is 8.00. The van der Waals surface area contributed by atoms with Crippen LogP contribution in [0.3, 0.4) is 0 Å². The maximum absolute atomic E-state index is 5.39. The Kier molecular flexibility index (Phi) is 7.80. The van der Waals surface area contributed by atoms with Crippen molar-refractivity contribution in [3.05, 3.63) is 0 Å². The van der Waals surface area contributed by atoms with E-state index in [1.54, 1.807) is 0 Å². The average Bonchev–Trinajstić information content (AvgIpc) is 2.11. The molecule has 0 aromatic carbocycles. The summed E-state index contributed by atoms with van der Waals surface area (Å²) in [7, 11) is 0. The van der Waals surface area contributed by atoms with Crippen LogP contribution in [0.2, 0.25) is 0 Å². The van der Waals surface area contributed by atoms with Gasteiger partial charge in [0, 0.05) is 6.04 Å². The Morgan fingerprint density at radius 2 is 2.00 bits per heavy atom. The van der Waals surface area contributed by atoms with Crippen molar-refractivity contribution in [2.45, 2.75) is 39.7 Å². The maximum atomic E-state index is 5.39. The predicted molar refractivity (Wildman–Crippen MR) is 66.4 cm³/mol. The molecule has 0 aliphatic carbocycles. The number of nitrogens with two attached hydrogens (primary N) is 1. The van der Waals surface area contributed by atoms with Gasteiger partial charge in [0.25, 0.3) is 0 Å². The van der Waals surface area contributed by atoms with Crippen LogP contribution < -0.4 is 11.1 Å². The van der Waals surface area contributed by atoms with Gasteiger partial charge >= 0.3 is 0 Å². The van der Waals surface area contributed by atoms with Gasteiger partial charge in [0.15, 0.2) is 5.11 Å². The number of rotatable bonds is 7. The van der Waals surface area contributed by atoms with Crippen LogP contribution in [0.1, 0.15) is 33.6 Å². The fourth-order valence-electron chi connectivity index (χ4n) is 1.48. The highest BCUT2D eigenvalue weighted by Crippen LogP contribution is 1.99. The number of nitrogens with one attached hydrogen (secondary N) is 1. The van der Waals surface area contributed by atoms with Crippen molar-refractivity contribution in [2.75, 3.05) is 19.6 Å². The van der Waals surface area contributed by atoms with Gasteiger partial charge in [-0.15, -0.1) is 0 Å². The molecule has 0 aliphatic heterocycles. The van der Waals surface area contributed by atoms with E-state index in [-0.39, 0.29) is 0 Å². The largest absolute Gasteiger partial charge is 0.376 e. The molecule has 0 bridgehead atoms. The third-order valence-corrected chi connectivity index (χ3v) is 2.51. The van der Waals surface area contributed by atoms with Crippen molar-refractivity contribution >= 4 is 17.3 Å². The van der Waals surface area contributed by atoms with E-state index in [4.69, 9.17) is 18.0 Å². The molecule has 0 fully saturated rings. The Morgan fingerprint density at radius 1 is 1.43 bits per heavy atom. The highest BCUT2D eigenvalue weighted by atomic mass is 32.1. The molecule has 0 heterocycles. The molecule has 3 nitrogen and oxygen atoms in total. The minimum atomic E-state index is 0.392. The third-order valence-electron chi connectivity index (χ3n) is 2.39. The first-order valence-corrected chi connectivity index (χ1v) is 5.79. The highest BCUT2D eigenvalue weighted by molar-refractivity contribution is 7.80. The van der Waals surface area contributed by atoms with Crippen LogP contribution in [0, 0.1) is 0 Å². The van der Waals surface area contributed by atoms with Crippen molar-refractivity contribution < 1.29 is 0 Å². The van der Waals surface area contributed by atoms with Gasteiger partial charge < -0.3 is 16.0 Å². The molecule has 0 amide bonds.